The second-order valence-electron chi connectivity index (χ2n) is 7.73. The smallest absolute Gasteiger partial charge is 0.272 e. The van der Waals surface area contributed by atoms with Crippen LogP contribution in [0.4, 0.5) is 0 Å². The monoisotopic (exact) mass is 451 g/mol. The van der Waals surface area contributed by atoms with Crippen LogP contribution in [0.3, 0.4) is 0 Å². The first kappa shape index (κ1) is 18.7. The van der Waals surface area contributed by atoms with E-state index in [2.05, 4.69) is 26.3 Å². The van der Waals surface area contributed by atoms with Gasteiger partial charge in [-0.05, 0) is 57.2 Å². The standard InChI is InChI=1S/C19H22BrN3O3S/c1-19(9-10-27(25,26)12-19)21-18(24)17-15-7-2-3-8-16(15)23(22-17)14-6-4-5-13(20)11-14/h4-6,11H,2-3,7-10,12H2,1H3,(H,21,24). The van der Waals surface area contributed by atoms with Gasteiger partial charge >= 0.3 is 0 Å². The third kappa shape index (κ3) is 3.69. The molecule has 1 fully saturated rings. The molecule has 1 aliphatic heterocycles. The number of benzene rings is 1. The zero-order chi connectivity index (χ0) is 19.2. The minimum atomic E-state index is -3.09. The van der Waals surface area contributed by atoms with Crippen LogP contribution < -0.4 is 5.32 Å². The van der Waals surface area contributed by atoms with Crippen molar-refractivity contribution in [2.45, 2.75) is 44.6 Å². The quantitative estimate of drug-likeness (QED) is 0.777. The zero-order valence-electron chi connectivity index (χ0n) is 15.2. The third-order valence-electron chi connectivity index (χ3n) is 5.37. The highest BCUT2D eigenvalue weighted by Crippen LogP contribution is 2.29. The van der Waals surface area contributed by atoms with Gasteiger partial charge in [-0.25, -0.2) is 13.1 Å². The lowest BCUT2D eigenvalue weighted by Gasteiger charge is -2.23. The Morgan fingerprint density at radius 2 is 2.07 bits per heavy atom. The van der Waals surface area contributed by atoms with E-state index in [1.807, 2.05) is 28.9 Å². The van der Waals surface area contributed by atoms with Gasteiger partial charge in [0.25, 0.3) is 5.91 Å². The number of fused-ring (bicyclic) bond motifs is 1. The first-order valence-corrected chi connectivity index (χ1v) is 11.8. The average Bonchev–Trinajstić information content (AvgIpc) is 3.12. The predicted molar refractivity (Wildman–Crippen MR) is 107 cm³/mol. The third-order valence-corrected chi connectivity index (χ3v) is 7.76. The Balaban J connectivity index is 1.70. The van der Waals surface area contributed by atoms with E-state index < -0.39 is 15.4 Å². The van der Waals surface area contributed by atoms with E-state index in [4.69, 9.17) is 0 Å². The van der Waals surface area contributed by atoms with Gasteiger partial charge in [-0.15, -0.1) is 0 Å². The van der Waals surface area contributed by atoms with Gasteiger partial charge in [0.15, 0.2) is 15.5 Å². The minimum Gasteiger partial charge on any atom is -0.344 e. The first-order chi connectivity index (χ1) is 12.8. The van der Waals surface area contributed by atoms with Crippen molar-refractivity contribution in [3.05, 3.63) is 45.7 Å². The van der Waals surface area contributed by atoms with Crippen LogP contribution in [0.15, 0.2) is 28.7 Å². The summed E-state index contributed by atoms with van der Waals surface area (Å²) in [7, 11) is -3.09. The van der Waals surface area contributed by atoms with Crippen LogP contribution in [-0.2, 0) is 22.7 Å². The Hall–Kier alpha value is -1.67. The van der Waals surface area contributed by atoms with Crippen molar-refractivity contribution in [2.75, 3.05) is 11.5 Å². The number of amides is 1. The topological polar surface area (TPSA) is 81.1 Å². The second-order valence-corrected chi connectivity index (χ2v) is 10.8. The van der Waals surface area contributed by atoms with Gasteiger partial charge in [0.05, 0.1) is 22.7 Å². The number of hydrogen-bond acceptors (Lipinski definition) is 4. The molecule has 2 aromatic rings. The molecule has 4 rings (SSSR count). The number of nitrogens with zero attached hydrogens (tertiary/aromatic N) is 2. The number of halogens is 1. The van der Waals surface area contributed by atoms with Crippen molar-refractivity contribution in [1.29, 1.82) is 0 Å². The fourth-order valence-electron chi connectivity index (χ4n) is 4.05. The summed E-state index contributed by atoms with van der Waals surface area (Å²) in [5, 5.41) is 7.60. The Morgan fingerprint density at radius 1 is 1.30 bits per heavy atom. The summed E-state index contributed by atoms with van der Waals surface area (Å²) >= 11 is 3.49. The SMILES string of the molecule is CC1(NC(=O)c2nn(-c3cccc(Br)c3)c3c2CCCC3)CCS(=O)(=O)C1. The summed E-state index contributed by atoms with van der Waals surface area (Å²) in [4.78, 5) is 13.0. The highest BCUT2D eigenvalue weighted by Gasteiger charge is 2.40. The van der Waals surface area contributed by atoms with E-state index in [9.17, 15) is 13.2 Å². The van der Waals surface area contributed by atoms with Crippen LogP contribution in [0.1, 0.15) is 47.9 Å². The summed E-state index contributed by atoms with van der Waals surface area (Å²) in [5.41, 5.74) is 2.68. The second kappa shape index (κ2) is 6.74. The molecule has 2 heterocycles. The Morgan fingerprint density at radius 3 is 2.78 bits per heavy atom. The molecule has 1 N–H and O–H groups in total. The van der Waals surface area contributed by atoms with Gasteiger partial charge in [0, 0.05) is 15.7 Å². The Labute approximate surface area is 167 Å². The van der Waals surface area contributed by atoms with E-state index in [0.29, 0.717) is 12.1 Å². The minimum absolute atomic E-state index is 0.0136. The lowest BCUT2D eigenvalue weighted by Crippen LogP contribution is -2.47. The molecule has 144 valence electrons. The van der Waals surface area contributed by atoms with Gasteiger partial charge in [-0.3, -0.25) is 4.79 Å². The van der Waals surface area contributed by atoms with Crippen LogP contribution in [-0.4, -0.2) is 41.2 Å². The average molecular weight is 452 g/mol. The molecule has 8 heteroatoms. The first-order valence-electron chi connectivity index (χ1n) is 9.16. The van der Waals surface area contributed by atoms with Crippen molar-refractivity contribution in [3.63, 3.8) is 0 Å². The summed E-state index contributed by atoms with van der Waals surface area (Å²) < 4.78 is 26.5. The lowest BCUT2D eigenvalue weighted by atomic mass is 9.94. The van der Waals surface area contributed by atoms with Gasteiger partial charge in [0.1, 0.15) is 0 Å². The van der Waals surface area contributed by atoms with E-state index in [0.717, 1.165) is 47.1 Å². The highest BCUT2D eigenvalue weighted by molar-refractivity contribution is 9.10. The van der Waals surface area contributed by atoms with Gasteiger partial charge in [-0.2, -0.15) is 5.10 Å². The molecule has 1 amide bonds. The summed E-state index contributed by atoms with van der Waals surface area (Å²) in [6, 6.07) is 7.85. The Bertz CT molecular complexity index is 1020. The molecular weight excluding hydrogens is 430 g/mol. The molecule has 1 aromatic carbocycles. The van der Waals surface area contributed by atoms with E-state index in [1.54, 1.807) is 6.92 Å². The lowest BCUT2D eigenvalue weighted by molar-refractivity contribution is 0.0908. The van der Waals surface area contributed by atoms with Crippen molar-refractivity contribution < 1.29 is 13.2 Å². The highest BCUT2D eigenvalue weighted by atomic mass is 79.9. The Kier molecular flexibility index (Phi) is 4.66. The molecule has 0 spiro atoms. The summed E-state index contributed by atoms with van der Waals surface area (Å²) in [6.45, 7) is 1.80. The zero-order valence-corrected chi connectivity index (χ0v) is 17.6. The van der Waals surface area contributed by atoms with Crippen LogP contribution in [0.5, 0.6) is 0 Å². The van der Waals surface area contributed by atoms with E-state index in [1.165, 1.54) is 0 Å². The van der Waals surface area contributed by atoms with Gasteiger partial charge in [0.2, 0.25) is 0 Å². The predicted octanol–water partition coefficient (Wildman–Crippen LogP) is 2.82. The molecular formula is C19H22BrN3O3S. The number of carbonyl (C=O) groups is 1. The fraction of sp³-hybridized carbons (Fsp3) is 0.474. The maximum absolute atomic E-state index is 13.0. The largest absolute Gasteiger partial charge is 0.344 e. The van der Waals surface area contributed by atoms with Crippen molar-refractivity contribution in [1.82, 2.24) is 15.1 Å². The van der Waals surface area contributed by atoms with Crippen molar-refractivity contribution in [3.8, 4) is 5.69 Å². The van der Waals surface area contributed by atoms with Crippen LogP contribution in [0, 0.1) is 0 Å². The maximum atomic E-state index is 13.0. The molecule has 1 atom stereocenters. The molecule has 0 radical (unpaired) electrons. The molecule has 1 aliphatic carbocycles. The molecule has 27 heavy (non-hydrogen) atoms. The number of hydrogen-bond donors (Lipinski definition) is 1. The van der Waals surface area contributed by atoms with Crippen LogP contribution in [0.25, 0.3) is 5.69 Å². The van der Waals surface area contributed by atoms with Crippen molar-refractivity contribution in [2.24, 2.45) is 0 Å². The molecule has 1 aromatic heterocycles. The fourth-order valence-corrected chi connectivity index (χ4v) is 6.53. The summed E-state index contributed by atoms with van der Waals surface area (Å²) in [5.74, 6) is -0.171. The normalized spacial score (nSPS) is 23.8. The molecule has 0 saturated carbocycles. The van der Waals surface area contributed by atoms with Crippen LogP contribution in [0.2, 0.25) is 0 Å². The number of nitrogens with one attached hydrogen (secondary N) is 1. The molecule has 6 nitrogen and oxygen atoms in total. The maximum Gasteiger partial charge on any atom is 0.272 e. The van der Waals surface area contributed by atoms with Crippen LogP contribution >= 0.6 is 15.9 Å². The van der Waals surface area contributed by atoms with E-state index >= 15 is 0 Å². The number of sulfone groups is 1. The molecule has 1 unspecified atom stereocenters. The molecule has 1 saturated heterocycles. The van der Waals surface area contributed by atoms with Gasteiger partial charge in [-0.1, -0.05) is 22.0 Å². The van der Waals surface area contributed by atoms with E-state index in [-0.39, 0.29) is 17.4 Å². The number of aromatic nitrogens is 2. The molecule has 0 bridgehead atoms. The number of rotatable bonds is 3. The van der Waals surface area contributed by atoms with Crippen molar-refractivity contribution >= 4 is 31.7 Å². The molecule has 2 aliphatic rings. The van der Waals surface area contributed by atoms with Gasteiger partial charge < -0.3 is 5.32 Å². The summed E-state index contributed by atoms with van der Waals surface area (Å²) in [6.07, 6.45) is 4.25. The number of carbonyl (C=O) groups excluding carboxylic acids is 1.